The lowest BCUT2D eigenvalue weighted by Gasteiger charge is -2.22. The van der Waals surface area contributed by atoms with Crippen molar-refractivity contribution in [2.45, 2.75) is 46.1 Å². The molecule has 1 nitrogen and oxygen atoms in total. The fourth-order valence-corrected chi connectivity index (χ4v) is 2.32. The molecule has 0 saturated carbocycles. The summed E-state index contributed by atoms with van der Waals surface area (Å²) in [5.74, 6) is 0.804. The molecule has 1 rings (SSSR count). The second-order valence-corrected chi connectivity index (χ2v) is 5.64. The molecule has 16 heavy (non-hydrogen) atoms. The first kappa shape index (κ1) is 13.8. The first-order chi connectivity index (χ1) is 7.67. The predicted octanol–water partition coefficient (Wildman–Crippen LogP) is 4.92. The summed E-state index contributed by atoms with van der Waals surface area (Å²) in [5.41, 5.74) is 1.28. The van der Waals surface area contributed by atoms with Gasteiger partial charge < -0.3 is 5.32 Å². The van der Waals surface area contributed by atoms with Crippen LogP contribution in [0.3, 0.4) is 0 Å². The highest BCUT2D eigenvalue weighted by molar-refractivity contribution is 14.1. The summed E-state index contributed by atoms with van der Waals surface area (Å²) in [5, 5.41) is 3.65. The van der Waals surface area contributed by atoms with Gasteiger partial charge in [0.15, 0.2) is 0 Å². The van der Waals surface area contributed by atoms with Gasteiger partial charge in [-0.05, 0) is 53.5 Å². The van der Waals surface area contributed by atoms with E-state index in [0.29, 0.717) is 6.04 Å². The molecular formula is C14H22IN. The van der Waals surface area contributed by atoms with Gasteiger partial charge in [0.1, 0.15) is 0 Å². The number of rotatable bonds is 6. The Morgan fingerprint density at radius 2 is 1.88 bits per heavy atom. The van der Waals surface area contributed by atoms with E-state index >= 15 is 0 Å². The van der Waals surface area contributed by atoms with Gasteiger partial charge >= 0.3 is 0 Å². The van der Waals surface area contributed by atoms with Crippen molar-refractivity contribution in [1.29, 1.82) is 0 Å². The highest BCUT2D eigenvalue weighted by atomic mass is 127. The van der Waals surface area contributed by atoms with Gasteiger partial charge in [-0.25, -0.2) is 0 Å². The maximum absolute atomic E-state index is 3.65. The number of halogens is 1. The Kier molecular flexibility index (Phi) is 6.17. The van der Waals surface area contributed by atoms with Crippen molar-refractivity contribution in [2.75, 3.05) is 5.32 Å². The SMILES string of the molecule is CCC(C)CC(CC)Nc1ccccc1I. The monoisotopic (exact) mass is 331 g/mol. The molecule has 90 valence electrons. The van der Waals surface area contributed by atoms with E-state index in [1.165, 1.54) is 28.5 Å². The van der Waals surface area contributed by atoms with Crippen molar-refractivity contribution in [1.82, 2.24) is 0 Å². The lowest BCUT2D eigenvalue weighted by atomic mass is 9.97. The second kappa shape index (κ2) is 7.15. The Morgan fingerprint density at radius 1 is 1.19 bits per heavy atom. The van der Waals surface area contributed by atoms with Crippen molar-refractivity contribution in [2.24, 2.45) is 5.92 Å². The summed E-state index contributed by atoms with van der Waals surface area (Å²) in [7, 11) is 0. The average Bonchev–Trinajstić information content (AvgIpc) is 2.30. The first-order valence-corrected chi connectivity index (χ1v) is 7.26. The third-order valence-corrected chi connectivity index (χ3v) is 4.05. The van der Waals surface area contributed by atoms with Crippen LogP contribution in [0.15, 0.2) is 24.3 Å². The van der Waals surface area contributed by atoms with Gasteiger partial charge in [-0.3, -0.25) is 0 Å². The molecule has 0 bridgehead atoms. The standard InChI is InChI=1S/C14H22IN/c1-4-11(3)10-12(5-2)16-14-9-7-6-8-13(14)15/h6-9,11-12,16H,4-5,10H2,1-3H3. The van der Waals surface area contributed by atoms with Crippen LogP contribution in [0.2, 0.25) is 0 Å². The van der Waals surface area contributed by atoms with E-state index in [1.807, 2.05) is 0 Å². The van der Waals surface area contributed by atoms with Crippen LogP contribution in [-0.2, 0) is 0 Å². The number of para-hydroxylation sites is 1. The second-order valence-electron chi connectivity index (χ2n) is 4.48. The lowest BCUT2D eigenvalue weighted by molar-refractivity contribution is 0.461. The summed E-state index contributed by atoms with van der Waals surface area (Å²) in [6.07, 6.45) is 3.72. The minimum absolute atomic E-state index is 0.603. The molecule has 0 aromatic heterocycles. The molecule has 0 fully saturated rings. The van der Waals surface area contributed by atoms with Crippen LogP contribution in [-0.4, -0.2) is 6.04 Å². The molecule has 0 aliphatic carbocycles. The maximum atomic E-state index is 3.65. The quantitative estimate of drug-likeness (QED) is 0.730. The van der Waals surface area contributed by atoms with Crippen LogP contribution in [0.4, 0.5) is 5.69 Å². The number of nitrogens with one attached hydrogen (secondary N) is 1. The normalized spacial score (nSPS) is 14.5. The van der Waals surface area contributed by atoms with Gasteiger partial charge in [-0.2, -0.15) is 0 Å². The van der Waals surface area contributed by atoms with Crippen molar-refractivity contribution < 1.29 is 0 Å². The molecule has 2 unspecified atom stereocenters. The summed E-state index contributed by atoms with van der Waals surface area (Å²) in [6.45, 7) is 6.86. The third kappa shape index (κ3) is 4.32. The molecule has 2 atom stereocenters. The highest BCUT2D eigenvalue weighted by Crippen LogP contribution is 2.21. The van der Waals surface area contributed by atoms with Crippen LogP contribution in [0, 0.1) is 9.49 Å². The molecule has 0 heterocycles. The summed E-state index contributed by atoms with van der Waals surface area (Å²) < 4.78 is 1.31. The van der Waals surface area contributed by atoms with E-state index in [-0.39, 0.29) is 0 Å². The molecule has 0 saturated heterocycles. The number of benzene rings is 1. The van der Waals surface area contributed by atoms with Gasteiger partial charge in [-0.15, -0.1) is 0 Å². The molecule has 0 amide bonds. The molecule has 0 aliphatic heterocycles. The maximum Gasteiger partial charge on any atom is 0.0478 e. The molecule has 0 spiro atoms. The van der Waals surface area contributed by atoms with Gasteiger partial charge in [0, 0.05) is 15.3 Å². The van der Waals surface area contributed by atoms with E-state index < -0.39 is 0 Å². The zero-order chi connectivity index (χ0) is 12.0. The molecule has 0 aliphatic rings. The molecule has 1 N–H and O–H groups in total. The van der Waals surface area contributed by atoms with Crippen molar-refractivity contribution in [3.05, 3.63) is 27.8 Å². The number of hydrogen-bond donors (Lipinski definition) is 1. The van der Waals surface area contributed by atoms with Gasteiger partial charge in [0.2, 0.25) is 0 Å². The van der Waals surface area contributed by atoms with E-state index in [4.69, 9.17) is 0 Å². The van der Waals surface area contributed by atoms with Gasteiger partial charge in [0.05, 0.1) is 0 Å². The van der Waals surface area contributed by atoms with Crippen molar-refractivity contribution >= 4 is 28.3 Å². The highest BCUT2D eigenvalue weighted by Gasteiger charge is 2.11. The largest absolute Gasteiger partial charge is 0.381 e. The van der Waals surface area contributed by atoms with Gasteiger partial charge in [-0.1, -0.05) is 39.3 Å². The van der Waals surface area contributed by atoms with Crippen LogP contribution < -0.4 is 5.32 Å². The van der Waals surface area contributed by atoms with E-state index in [9.17, 15) is 0 Å². The Hall–Kier alpha value is -0.250. The fourth-order valence-electron chi connectivity index (χ4n) is 1.78. The van der Waals surface area contributed by atoms with Crippen LogP contribution in [0.5, 0.6) is 0 Å². The number of hydrogen-bond acceptors (Lipinski definition) is 1. The van der Waals surface area contributed by atoms with E-state index in [1.54, 1.807) is 0 Å². The predicted molar refractivity (Wildman–Crippen MR) is 80.9 cm³/mol. The molecule has 0 radical (unpaired) electrons. The molecular weight excluding hydrogens is 309 g/mol. The summed E-state index contributed by atoms with van der Waals surface area (Å²) >= 11 is 2.39. The Labute approximate surface area is 113 Å². The molecule has 1 aromatic carbocycles. The third-order valence-electron chi connectivity index (χ3n) is 3.11. The van der Waals surface area contributed by atoms with Crippen LogP contribution >= 0.6 is 22.6 Å². The topological polar surface area (TPSA) is 12.0 Å². The molecule has 1 aromatic rings. The molecule has 2 heteroatoms. The van der Waals surface area contributed by atoms with Crippen molar-refractivity contribution in [3.63, 3.8) is 0 Å². The zero-order valence-corrected chi connectivity index (χ0v) is 12.6. The smallest absolute Gasteiger partial charge is 0.0478 e. The Balaban J connectivity index is 2.60. The van der Waals surface area contributed by atoms with Crippen molar-refractivity contribution in [3.8, 4) is 0 Å². The minimum Gasteiger partial charge on any atom is -0.381 e. The van der Waals surface area contributed by atoms with E-state index in [2.05, 4.69) is 72.9 Å². The number of anilines is 1. The summed E-state index contributed by atoms with van der Waals surface area (Å²) in [4.78, 5) is 0. The Morgan fingerprint density at radius 3 is 2.44 bits per heavy atom. The fraction of sp³-hybridized carbons (Fsp3) is 0.571. The minimum atomic E-state index is 0.603. The van der Waals surface area contributed by atoms with E-state index in [0.717, 1.165) is 5.92 Å². The average molecular weight is 331 g/mol. The summed E-state index contributed by atoms with van der Waals surface area (Å²) in [6, 6.07) is 9.11. The van der Waals surface area contributed by atoms with Crippen LogP contribution in [0.25, 0.3) is 0 Å². The van der Waals surface area contributed by atoms with Crippen LogP contribution in [0.1, 0.15) is 40.0 Å². The Bertz CT molecular complexity index is 311. The zero-order valence-electron chi connectivity index (χ0n) is 10.5. The van der Waals surface area contributed by atoms with Gasteiger partial charge in [0.25, 0.3) is 0 Å². The lowest BCUT2D eigenvalue weighted by Crippen LogP contribution is -2.21. The first-order valence-electron chi connectivity index (χ1n) is 6.18.